The zero-order chi connectivity index (χ0) is 21.8. The fraction of sp³-hybridized carbons (Fsp3) is 0.474. The number of rotatable bonds is 8. The molecule has 10 heteroatoms. The third-order valence-corrected chi connectivity index (χ3v) is 4.43. The number of carbonyl (C=O) groups is 1. The summed E-state index contributed by atoms with van der Waals surface area (Å²) in [6.45, 7) is 3.37. The van der Waals surface area contributed by atoms with Crippen LogP contribution in [0.4, 0.5) is 18.9 Å². The van der Waals surface area contributed by atoms with Crippen molar-refractivity contribution >= 4 is 22.6 Å². The predicted molar refractivity (Wildman–Crippen MR) is 100 cm³/mol. The minimum Gasteiger partial charge on any atom is -0.423 e. The number of anilines is 1. The normalized spacial score (nSPS) is 13.3. The maximum Gasteiger partial charge on any atom is 0.417 e. The third-order valence-electron chi connectivity index (χ3n) is 4.43. The Morgan fingerprint density at radius 1 is 1.21 bits per heavy atom. The van der Waals surface area contributed by atoms with Crippen molar-refractivity contribution in [2.24, 2.45) is 5.41 Å². The molecule has 1 aromatic heterocycles. The summed E-state index contributed by atoms with van der Waals surface area (Å²) in [5.74, 6) is -0.601. The summed E-state index contributed by atoms with van der Waals surface area (Å²) >= 11 is 0. The second-order valence-corrected chi connectivity index (χ2v) is 7.31. The first-order valence-corrected chi connectivity index (χ1v) is 8.91. The highest BCUT2D eigenvalue weighted by molar-refractivity contribution is 5.84. The number of benzene rings is 1. The first-order valence-electron chi connectivity index (χ1n) is 8.91. The quantitative estimate of drug-likeness (QED) is 0.387. The average molecular weight is 416 g/mol. The van der Waals surface area contributed by atoms with Crippen LogP contribution in [0.25, 0.3) is 11.0 Å². The van der Waals surface area contributed by atoms with Gasteiger partial charge in [-0.2, -0.15) is 13.2 Å². The lowest BCUT2D eigenvalue weighted by molar-refractivity contribution is -0.137. The van der Waals surface area contributed by atoms with Crippen molar-refractivity contribution in [1.82, 2.24) is 5.32 Å². The second-order valence-electron chi connectivity index (χ2n) is 7.31. The van der Waals surface area contributed by atoms with Gasteiger partial charge in [0, 0.05) is 41.7 Å². The van der Waals surface area contributed by atoms with Crippen LogP contribution in [0.15, 0.2) is 33.5 Å². The number of halogens is 3. The van der Waals surface area contributed by atoms with E-state index < -0.39 is 34.8 Å². The molecule has 1 heterocycles. The van der Waals surface area contributed by atoms with Gasteiger partial charge in [-0.3, -0.25) is 4.79 Å². The maximum atomic E-state index is 13.0. The molecular weight excluding hydrogens is 393 g/mol. The third kappa shape index (κ3) is 5.70. The molecule has 7 nitrogen and oxygen atoms in total. The zero-order valence-electron chi connectivity index (χ0n) is 16.0. The molecule has 0 spiro atoms. The number of aliphatic hydroxyl groups is 2. The van der Waals surface area contributed by atoms with Crippen LogP contribution in [0, 0.1) is 5.41 Å². The number of aliphatic hydroxyl groups excluding tert-OH is 2. The van der Waals surface area contributed by atoms with Crippen molar-refractivity contribution in [1.29, 1.82) is 0 Å². The lowest BCUT2D eigenvalue weighted by Crippen LogP contribution is -2.45. The van der Waals surface area contributed by atoms with Gasteiger partial charge >= 0.3 is 11.8 Å². The van der Waals surface area contributed by atoms with Crippen LogP contribution in [0.3, 0.4) is 0 Å². The SMILES string of the molecule is CC(C)(CO)[C@@H](O)C(=O)NCCCNc1ccc2c(C(F)(F)F)cc(=O)oc2c1. The van der Waals surface area contributed by atoms with E-state index in [0.717, 1.165) is 0 Å². The highest BCUT2D eigenvalue weighted by Gasteiger charge is 2.34. The Morgan fingerprint density at radius 2 is 1.90 bits per heavy atom. The van der Waals surface area contributed by atoms with Gasteiger partial charge in [0.25, 0.3) is 0 Å². The van der Waals surface area contributed by atoms with Gasteiger partial charge in [-0.05, 0) is 18.6 Å². The van der Waals surface area contributed by atoms with E-state index in [1.54, 1.807) is 13.8 Å². The Bertz CT molecular complexity index is 924. The molecule has 0 saturated heterocycles. The van der Waals surface area contributed by atoms with E-state index in [4.69, 9.17) is 9.52 Å². The first-order chi connectivity index (χ1) is 13.5. The number of hydrogen-bond donors (Lipinski definition) is 4. The maximum absolute atomic E-state index is 13.0. The Kier molecular flexibility index (Phi) is 6.91. The fourth-order valence-electron chi connectivity index (χ4n) is 2.58. The monoisotopic (exact) mass is 416 g/mol. The number of hydrogen-bond acceptors (Lipinski definition) is 6. The summed E-state index contributed by atoms with van der Waals surface area (Å²) in [7, 11) is 0. The molecule has 1 atom stereocenters. The van der Waals surface area contributed by atoms with Crippen molar-refractivity contribution in [2.75, 3.05) is 25.0 Å². The van der Waals surface area contributed by atoms with Gasteiger partial charge in [0.05, 0.1) is 12.2 Å². The summed E-state index contributed by atoms with van der Waals surface area (Å²) in [4.78, 5) is 23.3. The van der Waals surface area contributed by atoms with Gasteiger partial charge in [-0.1, -0.05) is 13.8 Å². The summed E-state index contributed by atoms with van der Waals surface area (Å²) < 4.78 is 44.0. The van der Waals surface area contributed by atoms with E-state index in [1.807, 2.05) is 0 Å². The van der Waals surface area contributed by atoms with Crippen LogP contribution >= 0.6 is 0 Å². The summed E-state index contributed by atoms with van der Waals surface area (Å²) in [5, 5.41) is 24.3. The van der Waals surface area contributed by atoms with Crippen molar-refractivity contribution < 1.29 is 32.6 Å². The number of nitrogens with one attached hydrogen (secondary N) is 2. The van der Waals surface area contributed by atoms with Crippen molar-refractivity contribution in [3.63, 3.8) is 0 Å². The topological polar surface area (TPSA) is 112 Å². The first kappa shape index (κ1) is 22.7. The van der Waals surface area contributed by atoms with E-state index in [9.17, 15) is 27.9 Å². The highest BCUT2D eigenvalue weighted by Crippen LogP contribution is 2.34. The predicted octanol–water partition coefficient (Wildman–Crippen LogP) is 2.11. The fourth-order valence-corrected chi connectivity index (χ4v) is 2.58. The Morgan fingerprint density at radius 3 is 2.52 bits per heavy atom. The molecule has 2 aromatic rings. The van der Waals surface area contributed by atoms with E-state index in [0.29, 0.717) is 24.7 Å². The van der Waals surface area contributed by atoms with Gasteiger partial charge in [0.1, 0.15) is 11.7 Å². The Hall–Kier alpha value is -2.59. The number of amides is 1. The number of alkyl halides is 3. The van der Waals surface area contributed by atoms with Crippen LogP contribution in [0.2, 0.25) is 0 Å². The van der Waals surface area contributed by atoms with E-state index in [-0.39, 0.29) is 24.1 Å². The summed E-state index contributed by atoms with van der Waals surface area (Å²) in [6.07, 6.45) is -5.56. The van der Waals surface area contributed by atoms with E-state index in [1.165, 1.54) is 18.2 Å². The molecule has 0 aliphatic rings. The van der Waals surface area contributed by atoms with E-state index in [2.05, 4.69) is 10.6 Å². The molecule has 0 fully saturated rings. The molecular formula is C19H23F3N2O5. The lowest BCUT2D eigenvalue weighted by Gasteiger charge is -2.27. The molecule has 0 saturated carbocycles. The number of carbonyl (C=O) groups excluding carboxylic acids is 1. The highest BCUT2D eigenvalue weighted by atomic mass is 19.4. The van der Waals surface area contributed by atoms with Gasteiger partial charge in [-0.15, -0.1) is 0 Å². The second kappa shape index (κ2) is 8.83. The van der Waals surface area contributed by atoms with Crippen LogP contribution in [0.5, 0.6) is 0 Å². The number of fused-ring (bicyclic) bond motifs is 1. The minimum atomic E-state index is -4.67. The molecule has 1 aromatic carbocycles. The molecule has 4 N–H and O–H groups in total. The average Bonchev–Trinajstić information content (AvgIpc) is 2.65. The molecule has 0 radical (unpaired) electrons. The Labute approximate surface area is 164 Å². The van der Waals surface area contributed by atoms with Crippen LogP contribution < -0.4 is 16.3 Å². The van der Waals surface area contributed by atoms with Crippen molar-refractivity contribution in [3.8, 4) is 0 Å². The lowest BCUT2D eigenvalue weighted by atomic mass is 9.87. The summed E-state index contributed by atoms with van der Waals surface area (Å²) in [5.41, 5.74) is -2.84. The van der Waals surface area contributed by atoms with Crippen molar-refractivity contribution in [3.05, 3.63) is 40.2 Å². The molecule has 0 aliphatic heterocycles. The largest absolute Gasteiger partial charge is 0.423 e. The van der Waals surface area contributed by atoms with Gasteiger partial charge < -0.3 is 25.3 Å². The Balaban J connectivity index is 1.94. The molecule has 1 amide bonds. The molecule has 2 rings (SSSR count). The van der Waals surface area contributed by atoms with Crippen LogP contribution in [0.1, 0.15) is 25.8 Å². The zero-order valence-corrected chi connectivity index (χ0v) is 16.0. The van der Waals surface area contributed by atoms with Crippen LogP contribution in [-0.4, -0.2) is 41.9 Å². The van der Waals surface area contributed by atoms with Crippen LogP contribution in [-0.2, 0) is 11.0 Å². The smallest absolute Gasteiger partial charge is 0.417 e. The molecule has 160 valence electrons. The van der Waals surface area contributed by atoms with Gasteiger partial charge in [0.2, 0.25) is 5.91 Å². The molecule has 0 bridgehead atoms. The van der Waals surface area contributed by atoms with Gasteiger partial charge in [0.15, 0.2) is 0 Å². The molecule has 0 unspecified atom stereocenters. The van der Waals surface area contributed by atoms with Crippen molar-refractivity contribution in [2.45, 2.75) is 32.5 Å². The molecule has 0 aliphatic carbocycles. The summed E-state index contributed by atoms with van der Waals surface area (Å²) in [6, 6.07) is 4.38. The van der Waals surface area contributed by atoms with E-state index >= 15 is 0 Å². The van der Waals surface area contributed by atoms with Gasteiger partial charge in [-0.25, -0.2) is 4.79 Å². The standard InChI is InChI=1S/C19H23F3N2O5/c1-18(2,10-25)16(27)17(28)24-7-3-6-23-11-4-5-12-13(19(20,21)22)9-15(26)29-14(12)8-11/h4-5,8-9,16,23,25,27H,3,6-7,10H2,1-2H3,(H,24,28)/t16-/m0/s1. The minimum absolute atomic E-state index is 0.183. The molecule has 29 heavy (non-hydrogen) atoms.